The minimum Gasteiger partial charge on any atom is -0.321 e. The first kappa shape index (κ1) is 44.7. The highest BCUT2D eigenvalue weighted by atomic mass is 15.4. The number of hydrogen-bond acceptors (Lipinski definition) is 4. The number of pyridine rings is 1. The van der Waals surface area contributed by atoms with Crippen LogP contribution < -0.4 is 14.7 Å². The van der Waals surface area contributed by atoms with E-state index in [4.69, 9.17) is 4.98 Å². The number of hydrogen-bond donors (Lipinski definition) is 0. The van der Waals surface area contributed by atoms with E-state index in [-0.39, 0.29) is 21.7 Å². The van der Waals surface area contributed by atoms with Gasteiger partial charge in [0.1, 0.15) is 12.5 Å². The summed E-state index contributed by atoms with van der Waals surface area (Å²) >= 11 is 0. The van der Waals surface area contributed by atoms with E-state index in [0.717, 1.165) is 39.6 Å². The summed E-state index contributed by atoms with van der Waals surface area (Å²) in [4.78, 5) is 12.5. The maximum atomic E-state index is 5.03. The molecule has 2 aromatic heterocycles. The van der Waals surface area contributed by atoms with Crippen LogP contribution in [0.1, 0.15) is 104 Å². The van der Waals surface area contributed by atoms with Crippen LogP contribution in [0.5, 0.6) is 0 Å². The van der Waals surface area contributed by atoms with Crippen LogP contribution in [0.25, 0.3) is 27.6 Å². The summed E-state index contributed by atoms with van der Waals surface area (Å²) in [6.07, 6.45) is 1.96. The smallest absolute Gasteiger partial charge is 0.137 e. The second-order valence-corrected chi connectivity index (χ2v) is 22.4. The van der Waals surface area contributed by atoms with Crippen molar-refractivity contribution in [3.63, 3.8) is 0 Å². The number of benzene rings is 7. The fourth-order valence-corrected chi connectivity index (χ4v) is 9.93. The van der Waals surface area contributed by atoms with Crippen LogP contribution in [0.2, 0.25) is 0 Å². The lowest BCUT2D eigenvalue weighted by atomic mass is 9.77. The van der Waals surface area contributed by atoms with Crippen molar-refractivity contribution in [1.29, 1.82) is 0 Å². The summed E-state index contributed by atoms with van der Waals surface area (Å²) in [6, 6.07) is 65.3. The van der Waals surface area contributed by atoms with Crippen molar-refractivity contribution in [3.05, 3.63) is 210 Å². The molecule has 0 N–H and O–H groups in total. The van der Waals surface area contributed by atoms with Gasteiger partial charge in [-0.2, -0.15) is 0 Å². The zero-order valence-electron chi connectivity index (χ0n) is 41.8. The van der Waals surface area contributed by atoms with Crippen LogP contribution in [-0.2, 0) is 21.7 Å². The summed E-state index contributed by atoms with van der Waals surface area (Å²) in [5.41, 5.74) is 16.3. The molecule has 7 aromatic carbocycles. The van der Waals surface area contributed by atoms with Crippen LogP contribution in [0.4, 0.5) is 39.8 Å². The fraction of sp³-hybridized carbons (Fsp3) is 0.254. The first-order valence-corrected chi connectivity index (χ1v) is 24.2. The highest BCUT2D eigenvalue weighted by Crippen LogP contribution is 2.49. The first-order valence-electron chi connectivity index (χ1n) is 24.2. The Morgan fingerprint density at radius 2 is 0.941 bits per heavy atom. The van der Waals surface area contributed by atoms with E-state index in [1.54, 1.807) is 0 Å². The monoisotopic (exact) mass is 892 g/mol. The van der Waals surface area contributed by atoms with Crippen molar-refractivity contribution in [2.24, 2.45) is 0 Å². The standard InChI is InChI=1S/C63H65N5/c1-60(2,3)44-32-33-64-59(39-44)68-55-27-19-18-26-53(55)54-31-30-49(41-58(54)68)67(48-24-16-13-17-25-48)52-38-47(63(10,11)43-22-14-12-15-23-43)37-51(40-52)66-42-65(56-28-20-21-29-57(56)66)50-35-45(61(4,5)6)34-46(36-50)62(7,8)9/h12-41H,42H2,1-11H3. The predicted octanol–water partition coefficient (Wildman–Crippen LogP) is 17.1. The Bertz CT molecular complexity index is 3270. The molecule has 3 heterocycles. The van der Waals surface area contributed by atoms with E-state index < -0.39 is 0 Å². The Hall–Kier alpha value is -7.11. The van der Waals surface area contributed by atoms with Crippen molar-refractivity contribution in [3.8, 4) is 5.82 Å². The average Bonchev–Trinajstić information content (AvgIpc) is 3.88. The molecule has 0 radical (unpaired) electrons. The van der Waals surface area contributed by atoms with Gasteiger partial charge in [0.25, 0.3) is 0 Å². The molecule has 0 fully saturated rings. The molecule has 0 saturated heterocycles. The molecule has 0 aliphatic carbocycles. The molecule has 342 valence electrons. The molecule has 0 spiro atoms. The van der Waals surface area contributed by atoms with Gasteiger partial charge >= 0.3 is 0 Å². The quantitative estimate of drug-likeness (QED) is 0.152. The van der Waals surface area contributed by atoms with Gasteiger partial charge in [-0.1, -0.05) is 167 Å². The van der Waals surface area contributed by atoms with Gasteiger partial charge in [0.05, 0.1) is 22.4 Å². The number of anilines is 7. The SMILES string of the molecule is CC(C)(C)c1cc(N2CN(c3cc(N(c4ccccc4)c4ccc5c6ccccc6n(-c6cc(C(C)(C)C)ccn6)c5c4)cc(C(C)(C)c4ccccc4)c3)c3ccccc32)cc(C(C)(C)C)c1. The molecule has 9 aromatic rings. The summed E-state index contributed by atoms with van der Waals surface area (Å²) < 4.78 is 2.35. The van der Waals surface area contributed by atoms with E-state index >= 15 is 0 Å². The normalized spacial score (nSPS) is 13.4. The van der Waals surface area contributed by atoms with Crippen molar-refractivity contribution in [2.75, 3.05) is 21.4 Å². The first-order chi connectivity index (χ1) is 32.4. The van der Waals surface area contributed by atoms with E-state index in [1.165, 1.54) is 55.7 Å². The molecule has 0 saturated carbocycles. The zero-order chi connectivity index (χ0) is 47.8. The largest absolute Gasteiger partial charge is 0.321 e. The molecular formula is C63H65N5. The summed E-state index contributed by atoms with van der Waals surface area (Å²) in [7, 11) is 0. The van der Waals surface area contributed by atoms with Gasteiger partial charge in [-0.15, -0.1) is 0 Å². The highest BCUT2D eigenvalue weighted by Gasteiger charge is 2.33. The lowest BCUT2D eigenvalue weighted by molar-refractivity contribution is 0.568. The van der Waals surface area contributed by atoms with Crippen LogP contribution in [0.15, 0.2) is 182 Å². The molecule has 0 amide bonds. The maximum Gasteiger partial charge on any atom is 0.137 e. The van der Waals surface area contributed by atoms with Crippen molar-refractivity contribution >= 4 is 61.6 Å². The number of rotatable bonds is 8. The second-order valence-electron chi connectivity index (χ2n) is 22.4. The van der Waals surface area contributed by atoms with E-state index in [2.05, 4.69) is 271 Å². The van der Waals surface area contributed by atoms with Gasteiger partial charge in [0.2, 0.25) is 0 Å². The molecule has 0 unspecified atom stereocenters. The third kappa shape index (κ3) is 8.12. The minimum atomic E-state index is -0.323. The molecule has 1 aliphatic rings. The Balaban J connectivity index is 1.19. The molecule has 5 nitrogen and oxygen atoms in total. The van der Waals surface area contributed by atoms with Gasteiger partial charge in [0.15, 0.2) is 0 Å². The number of nitrogens with zero attached hydrogens (tertiary/aromatic N) is 5. The topological polar surface area (TPSA) is 27.5 Å². The van der Waals surface area contributed by atoms with Gasteiger partial charge in [-0.3, -0.25) is 4.57 Å². The summed E-state index contributed by atoms with van der Waals surface area (Å²) in [5, 5.41) is 2.40. The summed E-state index contributed by atoms with van der Waals surface area (Å²) in [5.74, 6) is 0.917. The van der Waals surface area contributed by atoms with Gasteiger partial charge in [-0.25, -0.2) is 4.98 Å². The summed E-state index contributed by atoms with van der Waals surface area (Å²) in [6.45, 7) is 26.1. The molecular weight excluding hydrogens is 827 g/mol. The third-order valence-electron chi connectivity index (χ3n) is 14.2. The molecule has 5 heteroatoms. The van der Waals surface area contributed by atoms with E-state index in [9.17, 15) is 0 Å². The zero-order valence-corrected chi connectivity index (χ0v) is 41.8. The Kier molecular flexibility index (Phi) is 10.9. The molecule has 0 atom stereocenters. The van der Waals surface area contributed by atoms with Gasteiger partial charge in [0, 0.05) is 50.8 Å². The van der Waals surface area contributed by atoms with Crippen LogP contribution in [0.3, 0.4) is 0 Å². The molecule has 68 heavy (non-hydrogen) atoms. The number of fused-ring (bicyclic) bond motifs is 4. The minimum absolute atomic E-state index is 0.00750. The Morgan fingerprint density at radius 3 is 1.57 bits per heavy atom. The van der Waals surface area contributed by atoms with Crippen molar-refractivity contribution < 1.29 is 0 Å². The predicted molar refractivity (Wildman–Crippen MR) is 290 cm³/mol. The van der Waals surface area contributed by atoms with Gasteiger partial charge < -0.3 is 14.7 Å². The van der Waals surface area contributed by atoms with Crippen molar-refractivity contribution in [1.82, 2.24) is 9.55 Å². The van der Waals surface area contributed by atoms with E-state index in [0.29, 0.717) is 6.67 Å². The second kappa shape index (κ2) is 16.6. The van der Waals surface area contributed by atoms with Crippen molar-refractivity contribution in [2.45, 2.75) is 97.8 Å². The van der Waals surface area contributed by atoms with Crippen LogP contribution in [0, 0.1) is 0 Å². The van der Waals surface area contributed by atoms with Crippen LogP contribution >= 0.6 is 0 Å². The average molecular weight is 892 g/mol. The number of para-hydroxylation sites is 4. The van der Waals surface area contributed by atoms with Crippen LogP contribution in [-0.4, -0.2) is 16.2 Å². The fourth-order valence-electron chi connectivity index (χ4n) is 9.93. The lowest BCUT2D eigenvalue weighted by Crippen LogP contribution is -2.26. The molecule has 1 aliphatic heterocycles. The van der Waals surface area contributed by atoms with E-state index in [1.807, 2.05) is 6.20 Å². The Morgan fingerprint density at radius 1 is 0.397 bits per heavy atom. The van der Waals surface area contributed by atoms with Gasteiger partial charge in [-0.05, 0) is 129 Å². The molecule has 0 bridgehead atoms. The third-order valence-corrected chi connectivity index (χ3v) is 14.2. The Labute approximate surface area is 404 Å². The maximum absolute atomic E-state index is 5.03. The number of aromatic nitrogens is 2. The highest BCUT2D eigenvalue weighted by molar-refractivity contribution is 6.10. The lowest BCUT2D eigenvalue weighted by Gasteiger charge is -2.33. The molecule has 10 rings (SSSR count).